The van der Waals surface area contributed by atoms with Crippen molar-refractivity contribution in [3.8, 4) is 0 Å². The summed E-state index contributed by atoms with van der Waals surface area (Å²) in [6.07, 6.45) is 5.86. The van der Waals surface area contributed by atoms with Crippen LogP contribution in [0.5, 0.6) is 0 Å². The molecule has 0 amide bonds. The maximum atomic E-state index is 2.30. The normalized spacial score (nSPS) is 39.7. The minimum absolute atomic E-state index is 0.833. The fourth-order valence-electron chi connectivity index (χ4n) is 0.912. The topological polar surface area (TPSA) is 0 Å². The van der Waals surface area contributed by atoms with E-state index in [-0.39, 0.29) is 0 Å². The second-order valence-corrected chi connectivity index (χ2v) is 2.50. The highest BCUT2D eigenvalue weighted by Gasteiger charge is 2.11. The molecule has 40 valence electrons. The highest BCUT2D eigenvalue weighted by Crippen LogP contribution is 2.22. The molecule has 0 nitrogen and oxygen atoms in total. The van der Waals surface area contributed by atoms with Crippen LogP contribution in [0, 0.1) is 11.8 Å². The van der Waals surface area contributed by atoms with Gasteiger partial charge in [-0.05, 0) is 18.3 Å². The van der Waals surface area contributed by atoms with Crippen molar-refractivity contribution in [3.05, 3.63) is 12.2 Å². The summed E-state index contributed by atoms with van der Waals surface area (Å²) < 4.78 is 0. The van der Waals surface area contributed by atoms with E-state index in [4.69, 9.17) is 0 Å². The van der Waals surface area contributed by atoms with Crippen molar-refractivity contribution in [2.75, 3.05) is 0 Å². The molecular weight excluding hydrogens is 84.1 g/mol. The van der Waals surface area contributed by atoms with E-state index in [9.17, 15) is 0 Å². The molecule has 0 aromatic heterocycles. The Kier molecular flexibility index (Phi) is 1.18. The number of allylic oxidation sites excluding steroid dienone is 2. The van der Waals surface area contributed by atoms with Crippen molar-refractivity contribution >= 4 is 0 Å². The van der Waals surface area contributed by atoms with Gasteiger partial charge in [-0.2, -0.15) is 0 Å². The fourth-order valence-corrected chi connectivity index (χ4v) is 0.912. The molecule has 1 rings (SSSR count). The lowest BCUT2D eigenvalue weighted by molar-refractivity contribution is 0.498. The fraction of sp³-hybridized carbons (Fsp3) is 0.714. The molecule has 0 aromatic carbocycles. The lowest BCUT2D eigenvalue weighted by Crippen LogP contribution is -1.96. The van der Waals surface area contributed by atoms with Gasteiger partial charge in [0, 0.05) is 0 Å². The smallest absolute Gasteiger partial charge is 0.0233 e. The van der Waals surface area contributed by atoms with Gasteiger partial charge in [0.25, 0.3) is 0 Å². The summed E-state index contributed by atoms with van der Waals surface area (Å²) in [7, 11) is 0. The zero-order valence-electron chi connectivity index (χ0n) is 5.02. The van der Waals surface area contributed by atoms with Crippen molar-refractivity contribution in [2.45, 2.75) is 20.3 Å². The maximum absolute atomic E-state index is 2.30. The SMILES string of the molecule is CC1C=CCC1C. The molecule has 1 aliphatic carbocycles. The van der Waals surface area contributed by atoms with Crippen LogP contribution in [0.2, 0.25) is 0 Å². The van der Waals surface area contributed by atoms with Gasteiger partial charge in [0.05, 0.1) is 0 Å². The van der Waals surface area contributed by atoms with Crippen molar-refractivity contribution in [3.63, 3.8) is 0 Å². The number of hydrogen-bond acceptors (Lipinski definition) is 0. The molecule has 0 bridgehead atoms. The first-order chi connectivity index (χ1) is 3.30. The Morgan fingerprint density at radius 2 is 2.14 bits per heavy atom. The van der Waals surface area contributed by atoms with Crippen LogP contribution in [-0.4, -0.2) is 0 Å². The third-order valence-electron chi connectivity index (χ3n) is 1.85. The Balaban J connectivity index is 2.45. The van der Waals surface area contributed by atoms with Crippen molar-refractivity contribution in [1.29, 1.82) is 0 Å². The van der Waals surface area contributed by atoms with Gasteiger partial charge >= 0.3 is 0 Å². The molecule has 7 heavy (non-hydrogen) atoms. The van der Waals surface area contributed by atoms with Crippen LogP contribution in [0.25, 0.3) is 0 Å². The minimum atomic E-state index is 0.833. The summed E-state index contributed by atoms with van der Waals surface area (Å²) in [5, 5.41) is 0. The first kappa shape index (κ1) is 4.89. The molecule has 0 heteroatoms. The second kappa shape index (κ2) is 1.69. The van der Waals surface area contributed by atoms with E-state index in [1.54, 1.807) is 0 Å². The third kappa shape index (κ3) is 0.846. The Bertz CT molecular complexity index is 82.0. The number of rotatable bonds is 0. The zero-order valence-corrected chi connectivity index (χ0v) is 5.02. The molecule has 0 spiro atoms. The largest absolute Gasteiger partial charge is 0.0880 e. The molecule has 0 heterocycles. The Morgan fingerprint density at radius 1 is 1.43 bits per heavy atom. The summed E-state index contributed by atoms with van der Waals surface area (Å²) in [5.74, 6) is 1.74. The van der Waals surface area contributed by atoms with Crippen molar-refractivity contribution in [2.24, 2.45) is 11.8 Å². The van der Waals surface area contributed by atoms with E-state index < -0.39 is 0 Å². The lowest BCUT2D eigenvalue weighted by Gasteiger charge is -2.04. The maximum Gasteiger partial charge on any atom is -0.0233 e. The highest BCUT2D eigenvalue weighted by molar-refractivity contribution is 4.97. The average molecular weight is 96.2 g/mol. The van der Waals surface area contributed by atoms with E-state index >= 15 is 0 Å². The van der Waals surface area contributed by atoms with E-state index in [0.717, 1.165) is 11.8 Å². The molecule has 0 N–H and O–H groups in total. The summed E-state index contributed by atoms with van der Waals surface area (Å²) in [4.78, 5) is 0. The van der Waals surface area contributed by atoms with Crippen molar-refractivity contribution in [1.82, 2.24) is 0 Å². The first-order valence-corrected chi connectivity index (χ1v) is 2.97. The van der Waals surface area contributed by atoms with Crippen molar-refractivity contribution < 1.29 is 0 Å². The summed E-state index contributed by atoms with van der Waals surface area (Å²) in [6.45, 7) is 4.57. The molecule has 0 fully saturated rings. The van der Waals surface area contributed by atoms with Gasteiger partial charge < -0.3 is 0 Å². The van der Waals surface area contributed by atoms with E-state index in [1.807, 2.05) is 0 Å². The molecule has 2 unspecified atom stereocenters. The van der Waals surface area contributed by atoms with Gasteiger partial charge in [0.1, 0.15) is 0 Å². The second-order valence-electron chi connectivity index (χ2n) is 2.50. The summed E-state index contributed by atoms with van der Waals surface area (Å²) >= 11 is 0. The Labute approximate surface area is 45.2 Å². The zero-order chi connectivity index (χ0) is 5.28. The third-order valence-corrected chi connectivity index (χ3v) is 1.85. The molecule has 0 aromatic rings. The van der Waals surface area contributed by atoms with Gasteiger partial charge in [0.2, 0.25) is 0 Å². The predicted octanol–water partition coefficient (Wildman–Crippen LogP) is 2.22. The highest BCUT2D eigenvalue weighted by atomic mass is 14.2. The van der Waals surface area contributed by atoms with Crippen LogP contribution < -0.4 is 0 Å². The molecule has 0 saturated carbocycles. The van der Waals surface area contributed by atoms with E-state index in [2.05, 4.69) is 26.0 Å². The van der Waals surface area contributed by atoms with Crippen LogP contribution >= 0.6 is 0 Å². The Morgan fingerprint density at radius 3 is 2.29 bits per heavy atom. The quantitative estimate of drug-likeness (QED) is 0.406. The molecule has 0 radical (unpaired) electrons. The van der Waals surface area contributed by atoms with Gasteiger partial charge in [-0.25, -0.2) is 0 Å². The van der Waals surface area contributed by atoms with Crippen LogP contribution in [-0.2, 0) is 0 Å². The molecule has 2 atom stereocenters. The van der Waals surface area contributed by atoms with Crippen LogP contribution in [0.4, 0.5) is 0 Å². The van der Waals surface area contributed by atoms with Gasteiger partial charge in [-0.1, -0.05) is 26.0 Å². The van der Waals surface area contributed by atoms with Crippen LogP contribution in [0.15, 0.2) is 12.2 Å². The molecule has 0 aliphatic heterocycles. The van der Waals surface area contributed by atoms with Crippen LogP contribution in [0.1, 0.15) is 20.3 Å². The molecular formula is C7H12. The van der Waals surface area contributed by atoms with E-state index in [0.29, 0.717) is 0 Å². The van der Waals surface area contributed by atoms with Crippen LogP contribution in [0.3, 0.4) is 0 Å². The first-order valence-electron chi connectivity index (χ1n) is 2.97. The minimum Gasteiger partial charge on any atom is -0.0880 e. The average Bonchev–Trinajstić information content (AvgIpc) is 1.91. The standard InChI is InChI=1S/C7H12/c1-6-4-3-5-7(6)2/h3-4,6-7H,5H2,1-2H3. The number of hydrogen-bond donors (Lipinski definition) is 0. The summed E-state index contributed by atoms with van der Waals surface area (Å²) in [6, 6.07) is 0. The lowest BCUT2D eigenvalue weighted by atomic mass is 10.0. The van der Waals surface area contributed by atoms with Gasteiger partial charge in [0.15, 0.2) is 0 Å². The molecule has 1 aliphatic rings. The summed E-state index contributed by atoms with van der Waals surface area (Å²) in [5.41, 5.74) is 0. The van der Waals surface area contributed by atoms with E-state index in [1.165, 1.54) is 6.42 Å². The van der Waals surface area contributed by atoms with Gasteiger partial charge in [-0.15, -0.1) is 0 Å². The molecule has 0 saturated heterocycles. The monoisotopic (exact) mass is 96.1 g/mol. The van der Waals surface area contributed by atoms with Gasteiger partial charge in [-0.3, -0.25) is 0 Å². The predicted molar refractivity (Wildman–Crippen MR) is 32.1 cm³/mol. The Hall–Kier alpha value is -0.260.